The van der Waals surface area contributed by atoms with Gasteiger partial charge in [-0.3, -0.25) is 29.5 Å². The van der Waals surface area contributed by atoms with E-state index >= 15 is 0 Å². The van der Waals surface area contributed by atoms with Crippen molar-refractivity contribution in [1.29, 1.82) is 0 Å². The van der Waals surface area contributed by atoms with E-state index in [1.165, 1.54) is 9.91 Å². The van der Waals surface area contributed by atoms with Gasteiger partial charge in [-0.05, 0) is 32.7 Å². The van der Waals surface area contributed by atoms with E-state index in [1.807, 2.05) is 14.9 Å². The van der Waals surface area contributed by atoms with Crippen LogP contribution in [0.15, 0.2) is 33.0 Å². The van der Waals surface area contributed by atoms with Crippen molar-refractivity contribution in [2.24, 2.45) is 32.9 Å². The minimum Gasteiger partial charge on any atom is -0.395 e. The SMILES string of the molecule is CNNNCN1CNNNCN=C2NC(N)=C(C1=O)N(N1CCC(c3nc(NCCN(CCO)CCO)nc(C4CCN(N5C(C(N)=O)=C(N)N=C(N)C5Cl)CC4)n3)CC1)C2Cl. The highest BCUT2D eigenvalue weighted by Crippen LogP contribution is 2.35. The van der Waals surface area contributed by atoms with E-state index in [9.17, 15) is 19.8 Å². The fourth-order valence-corrected chi connectivity index (χ4v) is 8.37. The summed E-state index contributed by atoms with van der Waals surface area (Å²) in [6.07, 6.45) is 2.40. The lowest BCUT2D eigenvalue weighted by Gasteiger charge is -2.46. The van der Waals surface area contributed by atoms with Crippen LogP contribution in [0.3, 0.4) is 0 Å². The number of aliphatic imine (C=N–C) groups is 2. The van der Waals surface area contributed by atoms with E-state index < -0.39 is 22.8 Å². The summed E-state index contributed by atoms with van der Waals surface area (Å²) in [6, 6.07) is 0. The van der Waals surface area contributed by atoms with Crippen LogP contribution < -0.4 is 66.3 Å². The zero-order chi connectivity index (χ0) is 44.3. The smallest absolute Gasteiger partial charge is 0.277 e. The highest BCUT2D eigenvalue weighted by molar-refractivity contribution is 6.32. The maximum absolute atomic E-state index is 14.2. The number of nitrogens with one attached hydrogen (secondary N) is 8. The van der Waals surface area contributed by atoms with Gasteiger partial charge < -0.3 is 48.7 Å². The monoisotopic (exact) mass is 911 g/mol. The van der Waals surface area contributed by atoms with Gasteiger partial charge in [0.25, 0.3) is 11.8 Å². The number of aliphatic hydroxyl groups excluding tert-OH is 2. The fraction of sp³-hybridized carbons (Fsp3) is 0.667. The molecule has 2 fully saturated rings. The Hall–Kier alpha value is -4.49. The summed E-state index contributed by atoms with van der Waals surface area (Å²) in [6.45, 7) is 3.93. The predicted molar refractivity (Wildman–Crippen MR) is 229 cm³/mol. The zero-order valence-corrected chi connectivity index (χ0v) is 36.0. The molecule has 344 valence electrons. The molecule has 0 spiro atoms. The summed E-state index contributed by atoms with van der Waals surface area (Å²) in [5.74, 6) is 0.717. The van der Waals surface area contributed by atoms with Crippen LogP contribution in [0.25, 0.3) is 0 Å². The molecule has 0 saturated carbocycles. The van der Waals surface area contributed by atoms with Crippen molar-refractivity contribution in [3.8, 4) is 0 Å². The standard InChI is InChI=1S/C33H59Cl2N23O4/c1-40-51-44-17-54-18-45-52-43-16-42-31-24(35)58(22(32(54)62)26(37)47-31)56-9-4-20(5-10-56)30-48-29(49-33(50-30)41-6-11-53(12-14-59)13-15-60)19-2-7-55(8-3-19)57-21(28(39)61)25(36)46-27(38)23(57)34/h19-20,23-24,40,43-45,51-52,59-60H,2-18,36-37H2,1H3,(H2,38,46)(H2,39,61)(H,42,47)(H,41,48,49,50). The highest BCUT2D eigenvalue weighted by Gasteiger charge is 2.42. The maximum atomic E-state index is 14.2. The first-order valence-electron chi connectivity index (χ1n) is 20.3. The third-order valence-corrected chi connectivity index (χ3v) is 11.6. The molecule has 62 heavy (non-hydrogen) atoms. The van der Waals surface area contributed by atoms with Gasteiger partial charge in [0.15, 0.2) is 28.2 Å². The largest absolute Gasteiger partial charge is 0.395 e. The quantitative estimate of drug-likeness (QED) is 0.0300. The second kappa shape index (κ2) is 22.2. The van der Waals surface area contributed by atoms with Gasteiger partial charge in [0.05, 0.1) is 26.6 Å². The van der Waals surface area contributed by atoms with E-state index in [4.69, 9.17) is 61.1 Å². The lowest BCUT2D eigenvalue weighted by Crippen LogP contribution is -2.63. The minimum absolute atomic E-state index is 0.0227. The number of carbonyl (C=O) groups excluding carboxylic acids is 2. The summed E-state index contributed by atoms with van der Waals surface area (Å²) in [4.78, 5) is 53.5. The van der Waals surface area contributed by atoms with Crippen molar-refractivity contribution in [3.63, 3.8) is 0 Å². The fourth-order valence-electron chi connectivity index (χ4n) is 7.76. The minimum atomic E-state index is -0.952. The number of hydrogen-bond acceptors (Lipinski definition) is 25. The summed E-state index contributed by atoms with van der Waals surface area (Å²) >= 11 is 13.7. The highest BCUT2D eigenvalue weighted by atomic mass is 35.5. The number of primary amides is 1. The molecule has 6 aliphatic rings. The Kier molecular flexibility index (Phi) is 16.8. The number of anilines is 1. The maximum Gasteiger partial charge on any atom is 0.277 e. The van der Waals surface area contributed by atoms with Crippen molar-refractivity contribution < 1.29 is 19.8 Å². The van der Waals surface area contributed by atoms with Crippen LogP contribution in [-0.4, -0.2) is 182 Å². The van der Waals surface area contributed by atoms with Gasteiger partial charge in [0.1, 0.15) is 35.8 Å². The molecule has 0 radical (unpaired) electrons. The molecule has 18 N–H and O–H groups in total. The third-order valence-electron chi connectivity index (χ3n) is 10.8. The molecular weight excluding hydrogens is 853 g/mol. The van der Waals surface area contributed by atoms with Crippen LogP contribution in [0.2, 0.25) is 0 Å². The van der Waals surface area contributed by atoms with Gasteiger partial charge >= 0.3 is 0 Å². The van der Waals surface area contributed by atoms with Crippen LogP contribution in [0.1, 0.15) is 49.2 Å². The Bertz CT molecular complexity index is 1830. The van der Waals surface area contributed by atoms with Crippen molar-refractivity contribution in [2.45, 2.75) is 48.5 Å². The molecule has 2 saturated heterocycles. The van der Waals surface area contributed by atoms with Crippen LogP contribution in [0, 0.1) is 0 Å². The number of nitrogens with two attached hydrogens (primary N) is 4. The predicted octanol–water partition coefficient (Wildman–Crippen LogP) is -5.85. The molecular formula is C33H59Cl2N23O4. The van der Waals surface area contributed by atoms with Crippen LogP contribution in [0.4, 0.5) is 5.95 Å². The summed E-state index contributed by atoms with van der Waals surface area (Å²) < 4.78 is 0. The first kappa shape index (κ1) is 47.0. The Morgan fingerprint density at radius 1 is 0.903 bits per heavy atom. The number of carbonyl (C=O) groups is 2. The second-order valence-corrected chi connectivity index (χ2v) is 15.6. The van der Waals surface area contributed by atoms with Gasteiger partial charge in [-0.25, -0.2) is 41.7 Å². The van der Waals surface area contributed by atoms with E-state index in [-0.39, 0.29) is 73.9 Å². The molecule has 2 bridgehead atoms. The second-order valence-electron chi connectivity index (χ2n) is 14.8. The van der Waals surface area contributed by atoms with Crippen molar-refractivity contribution in [3.05, 3.63) is 34.7 Å². The molecule has 1 aromatic rings. The molecule has 29 heteroatoms. The first-order valence-corrected chi connectivity index (χ1v) is 21.2. The Balaban J connectivity index is 1.22. The van der Waals surface area contributed by atoms with Crippen LogP contribution >= 0.6 is 23.2 Å². The van der Waals surface area contributed by atoms with Crippen molar-refractivity contribution in [2.75, 3.05) is 97.9 Å². The number of fused-ring (bicyclic) bond motifs is 9. The number of piperidine rings is 2. The van der Waals surface area contributed by atoms with Gasteiger partial charge in [0, 0.05) is 64.2 Å². The number of halogens is 2. The van der Waals surface area contributed by atoms with Gasteiger partial charge in [-0.2, -0.15) is 21.0 Å². The average Bonchev–Trinajstić information content (AvgIpc) is 3.25. The summed E-state index contributed by atoms with van der Waals surface area (Å²) in [7, 11) is 1.69. The normalized spacial score (nSPS) is 23.1. The first-order chi connectivity index (χ1) is 29.9. The molecule has 7 heterocycles. The third kappa shape index (κ3) is 11.2. The topological polar surface area (TPSA) is 358 Å². The Morgan fingerprint density at radius 2 is 1.53 bits per heavy atom. The molecule has 6 aliphatic heterocycles. The number of rotatable bonds is 17. The molecule has 27 nitrogen and oxygen atoms in total. The number of amides is 2. The number of hydrogen-bond donors (Lipinski definition) is 14. The lowest BCUT2D eigenvalue weighted by molar-refractivity contribution is -0.134. The van der Waals surface area contributed by atoms with Gasteiger partial charge in [-0.15, -0.1) is 0 Å². The average molecular weight is 913 g/mol. The number of amidine groups is 2. The number of aromatic nitrogens is 3. The summed E-state index contributed by atoms with van der Waals surface area (Å²) in [5, 5.41) is 32.5. The molecule has 7 rings (SSSR count). The molecule has 1 aromatic heterocycles. The van der Waals surface area contributed by atoms with E-state index in [2.05, 4.69) is 53.4 Å². The Morgan fingerprint density at radius 3 is 2.13 bits per heavy atom. The molecule has 0 aliphatic carbocycles. The number of nitrogens with zero attached hydrogens (tertiary/aromatic N) is 11. The molecule has 2 amide bonds. The molecule has 2 atom stereocenters. The van der Waals surface area contributed by atoms with Crippen LogP contribution in [0.5, 0.6) is 0 Å². The molecule has 2 unspecified atom stereocenters. The lowest BCUT2D eigenvalue weighted by atomic mass is 9.94. The van der Waals surface area contributed by atoms with E-state index in [0.717, 1.165) is 0 Å². The van der Waals surface area contributed by atoms with E-state index in [0.29, 0.717) is 101 Å². The Labute approximate surface area is 368 Å². The molecule has 0 aromatic carbocycles. The number of aliphatic hydroxyl groups is 2. The van der Waals surface area contributed by atoms with E-state index in [1.54, 1.807) is 12.1 Å². The van der Waals surface area contributed by atoms with Gasteiger partial charge in [0.2, 0.25) is 5.95 Å². The number of hydrazine groups is 6. The van der Waals surface area contributed by atoms with Crippen LogP contribution in [-0.2, 0) is 9.59 Å². The van der Waals surface area contributed by atoms with Gasteiger partial charge in [-0.1, -0.05) is 23.2 Å². The zero-order valence-electron chi connectivity index (χ0n) is 34.5. The van der Waals surface area contributed by atoms with Crippen molar-refractivity contribution >= 4 is 52.6 Å². The van der Waals surface area contributed by atoms with Crippen molar-refractivity contribution in [1.82, 2.24) is 82.9 Å². The number of alkyl halides is 2. The summed E-state index contributed by atoms with van der Waals surface area (Å²) in [5.41, 5.74) is 39.8.